The zero-order valence-electron chi connectivity index (χ0n) is 8.77. The Morgan fingerprint density at radius 1 is 1.19 bits per heavy atom. The first kappa shape index (κ1) is 11.8. The van der Waals surface area contributed by atoms with Crippen LogP contribution >= 0.6 is 0 Å². The van der Waals surface area contributed by atoms with E-state index in [0.717, 1.165) is 0 Å². The van der Waals surface area contributed by atoms with Gasteiger partial charge < -0.3 is 11.5 Å². The lowest BCUT2D eigenvalue weighted by molar-refractivity contribution is -0.684. The van der Waals surface area contributed by atoms with Crippen molar-refractivity contribution in [3.05, 3.63) is 29.6 Å². The van der Waals surface area contributed by atoms with E-state index in [1.165, 1.54) is 30.0 Å². The molecule has 0 atom stereocenters. The maximum absolute atomic E-state index is 11.1. The number of ketones is 1. The normalized spacial score (nSPS) is 9.81. The monoisotopic (exact) mass is 222 g/mol. The van der Waals surface area contributed by atoms with E-state index in [1.807, 2.05) is 0 Å². The number of primary amides is 2. The summed E-state index contributed by atoms with van der Waals surface area (Å²) in [5, 5.41) is 0. The summed E-state index contributed by atoms with van der Waals surface area (Å²) in [6.45, 7) is 1.53. The van der Waals surface area contributed by atoms with E-state index in [1.54, 1.807) is 0 Å². The van der Waals surface area contributed by atoms with Gasteiger partial charge in [-0.3, -0.25) is 14.4 Å². The number of amides is 2. The molecule has 0 aliphatic carbocycles. The molecule has 0 fully saturated rings. The van der Waals surface area contributed by atoms with Crippen molar-refractivity contribution in [3.8, 4) is 0 Å². The van der Waals surface area contributed by atoms with Crippen molar-refractivity contribution in [2.45, 2.75) is 13.5 Å². The quantitative estimate of drug-likeness (QED) is 0.622. The van der Waals surface area contributed by atoms with Crippen LogP contribution in [0.2, 0.25) is 0 Å². The van der Waals surface area contributed by atoms with Gasteiger partial charge in [0.1, 0.15) is 5.56 Å². The number of carbonyl (C=O) groups is 3. The molecule has 6 nitrogen and oxygen atoms in total. The molecule has 1 aromatic heterocycles. The Hall–Kier alpha value is -2.24. The minimum Gasteiger partial charge on any atom is -0.366 e. The van der Waals surface area contributed by atoms with Crippen LogP contribution in [0, 0.1) is 0 Å². The van der Waals surface area contributed by atoms with Crippen LogP contribution in [0.15, 0.2) is 18.5 Å². The van der Waals surface area contributed by atoms with Gasteiger partial charge >= 0.3 is 0 Å². The third-order valence-corrected chi connectivity index (χ3v) is 1.95. The van der Waals surface area contributed by atoms with E-state index in [4.69, 9.17) is 11.5 Å². The van der Waals surface area contributed by atoms with Crippen LogP contribution in [-0.2, 0) is 11.3 Å². The summed E-state index contributed by atoms with van der Waals surface area (Å²) in [5.41, 5.74) is 10.2. The number of carbonyl (C=O) groups excluding carboxylic acids is 3. The molecule has 1 heterocycles. The molecule has 0 saturated carbocycles. The van der Waals surface area contributed by atoms with Crippen molar-refractivity contribution >= 4 is 17.6 Å². The second-order valence-corrected chi connectivity index (χ2v) is 3.38. The van der Waals surface area contributed by atoms with E-state index in [2.05, 4.69) is 0 Å². The second kappa shape index (κ2) is 4.52. The predicted molar refractivity (Wildman–Crippen MR) is 54.4 cm³/mol. The molecule has 0 unspecified atom stereocenters. The standard InChI is InChI=1S/C10H11N3O3/c1-6(14)4-13-3-2-7(9(11)15)8(5-13)10(12)16/h2-3,5H,4H2,1H3,(H3-,11,12,15,16)/p+1. The van der Waals surface area contributed by atoms with Crippen molar-refractivity contribution in [1.82, 2.24) is 0 Å². The van der Waals surface area contributed by atoms with Gasteiger partial charge in [0.15, 0.2) is 18.2 Å². The molecule has 0 saturated heterocycles. The summed E-state index contributed by atoms with van der Waals surface area (Å²) in [6, 6.07) is 1.37. The van der Waals surface area contributed by atoms with Crippen molar-refractivity contribution in [2.24, 2.45) is 11.5 Å². The van der Waals surface area contributed by atoms with Crippen LogP contribution in [0.1, 0.15) is 27.6 Å². The Kier molecular flexibility index (Phi) is 3.34. The van der Waals surface area contributed by atoms with Gasteiger partial charge in [-0.2, -0.15) is 4.57 Å². The SMILES string of the molecule is CC(=O)C[n+]1ccc(C(N)=O)c(C(N)=O)c1. The smallest absolute Gasteiger partial charge is 0.255 e. The summed E-state index contributed by atoms with van der Waals surface area (Å²) < 4.78 is 1.47. The predicted octanol–water partition coefficient (Wildman–Crippen LogP) is -1.24. The zero-order valence-corrected chi connectivity index (χ0v) is 8.77. The third kappa shape index (κ3) is 2.63. The number of rotatable bonds is 4. The number of nitrogens with two attached hydrogens (primary N) is 2. The first-order chi connectivity index (χ1) is 7.41. The lowest BCUT2D eigenvalue weighted by Crippen LogP contribution is -2.39. The maximum atomic E-state index is 11.1. The summed E-state index contributed by atoms with van der Waals surface area (Å²) >= 11 is 0. The number of hydrogen-bond donors (Lipinski definition) is 2. The lowest BCUT2D eigenvalue weighted by Gasteiger charge is -2.01. The minimum absolute atomic E-state index is 0.0104. The zero-order chi connectivity index (χ0) is 12.3. The molecule has 2 amide bonds. The molecule has 4 N–H and O–H groups in total. The summed E-state index contributed by atoms with van der Waals surface area (Å²) in [4.78, 5) is 33.0. The fraction of sp³-hybridized carbons (Fsp3) is 0.200. The van der Waals surface area contributed by atoms with Gasteiger partial charge in [0, 0.05) is 13.0 Å². The molecule has 0 aliphatic rings. The molecule has 1 aromatic rings. The van der Waals surface area contributed by atoms with Crippen LogP contribution in [-0.4, -0.2) is 17.6 Å². The van der Waals surface area contributed by atoms with E-state index in [0.29, 0.717) is 0 Å². The fourth-order valence-corrected chi connectivity index (χ4v) is 1.31. The molecule has 84 valence electrons. The molecule has 1 rings (SSSR count). The van der Waals surface area contributed by atoms with Crippen LogP contribution < -0.4 is 16.0 Å². The van der Waals surface area contributed by atoms with Crippen molar-refractivity contribution < 1.29 is 19.0 Å². The molecule has 0 radical (unpaired) electrons. The van der Waals surface area contributed by atoms with E-state index in [9.17, 15) is 14.4 Å². The average Bonchev–Trinajstić information content (AvgIpc) is 2.16. The van der Waals surface area contributed by atoms with Crippen LogP contribution in [0.3, 0.4) is 0 Å². The molecule has 6 heteroatoms. The first-order valence-corrected chi connectivity index (χ1v) is 4.54. The summed E-state index contributed by atoms with van der Waals surface area (Å²) in [7, 11) is 0. The van der Waals surface area contributed by atoms with Gasteiger partial charge in [0.2, 0.25) is 12.5 Å². The topological polar surface area (TPSA) is 107 Å². The van der Waals surface area contributed by atoms with E-state index >= 15 is 0 Å². The highest BCUT2D eigenvalue weighted by molar-refractivity contribution is 6.05. The highest BCUT2D eigenvalue weighted by Gasteiger charge is 2.18. The lowest BCUT2D eigenvalue weighted by atomic mass is 10.1. The number of Topliss-reactive ketones (excluding diaryl/α,β-unsaturated/α-hetero) is 1. The van der Waals surface area contributed by atoms with Gasteiger partial charge in [-0.1, -0.05) is 0 Å². The Bertz CT molecular complexity index is 468. The maximum Gasteiger partial charge on any atom is 0.255 e. The second-order valence-electron chi connectivity index (χ2n) is 3.38. The third-order valence-electron chi connectivity index (χ3n) is 1.95. The fourth-order valence-electron chi connectivity index (χ4n) is 1.31. The molecular weight excluding hydrogens is 210 g/mol. The number of pyridine rings is 1. The Morgan fingerprint density at radius 3 is 2.19 bits per heavy atom. The van der Waals surface area contributed by atoms with Gasteiger partial charge in [0.25, 0.3) is 5.91 Å². The Balaban J connectivity index is 3.22. The highest BCUT2D eigenvalue weighted by atomic mass is 16.2. The van der Waals surface area contributed by atoms with Gasteiger partial charge in [-0.15, -0.1) is 0 Å². The van der Waals surface area contributed by atoms with Gasteiger partial charge in [-0.25, -0.2) is 0 Å². The van der Waals surface area contributed by atoms with Gasteiger partial charge in [-0.05, 0) is 0 Å². The van der Waals surface area contributed by atoms with Gasteiger partial charge in [0.05, 0.1) is 5.56 Å². The van der Waals surface area contributed by atoms with Crippen LogP contribution in [0.4, 0.5) is 0 Å². The molecular formula is C10H12N3O3+. The number of aromatic nitrogens is 1. The largest absolute Gasteiger partial charge is 0.366 e. The molecule has 0 aliphatic heterocycles. The Morgan fingerprint density at radius 2 is 1.75 bits per heavy atom. The summed E-state index contributed by atoms with van der Waals surface area (Å²) in [6.07, 6.45) is 2.83. The average molecular weight is 222 g/mol. The molecule has 0 bridgehead atoms. The highest BCUT2D eigenvalue weighted by Crippen LogP contribution is 2.03. The first-order valence-electron chi connectivity index (χ1n) is 4.54. The van der Waals surface area contributed by atoms with E-state index in [-0.39, 0.29) is 23.5 Å². The Labute approximate surface area is 91.9 Å². The number of nitrogens with zero attached hydrogens (tertiary/aromatic N) is 1. The molecule has 0 aromatic carbocycles. The molecule has 16 heavy (non-hydrogen) atoms. The van der Waals surface area contributed by atoms with Crippen molar-refractivity contribution in [1.29, 1.82) is 0 Å². The van der Waals surface area contributed by atoms with Crippen molar-refractivity contribution in [3.63, 3.8) is 0 Å². The minimum atomic E-state index is -0.758. The molecule has 0 spiro atoms. The van der Waals surface area contributed by atoms with E-state index < -0.39 is 11.8 Å². The van der Waals surface area contributed by atoms with Crippen LogP contribution in [0.5, 0.6) is 0 Å². The number of hydrogen-bond acceptors (Lipinski definition) is 3. The van der Waals surface area contributed by atoms with Crippen molar-refractivity contribution in [2.75, 3.05) is 0 Å². The summed E-state index contributed by atoms with van der Waals surface area (Å²) in [5.74, 6) is -1.57. The van der Waals surface area contributed by atoms with Crippen LogP contribution in [0.25, 0.3) is 0 Å².